The van der Waals surface area contributed by atoms with Crippen molar-refractivity contribution in [3.05, 3.63) is 96.4 Å². The highest BCUT2D eigenvalue weighted by Crippen LogP contribution is 2.25. The Bertz CT molecular complexity index is 1690. The summed E-state index contributed by atoms with van der Waals surface area (Å²) in [6.45, 7) is 8.19. The Labute approximate surface area is 268 Å². The number of hydrogen-bond donors (Lipinski definition) is 4. The third-order valence-electron chi connectivity index (χ3n) is 7.28. The predicted octanol–water partition coefficient (Wildman–Crippen LogP) is 5.46. The second kappa shape index (κ2) is 14.3. The lowest BCUT2D eigenvalue weighted by atomic mass is 10.0. The van der Waals surface area contributed by atoms with Gasteiger partial charge in [-0.15, -0.1) is 0 Å². The van der Waals surface area contributed by atoms with E-state index in [0.29, 0.717) is 24.8 Å². The van der Waals surface area contributed by atoms with Crippen LogP contribution in [0.1, 0.15) is 64.6 Å². The first-order chi connectivity index (χ1) is 21.7. The van der Waals surface area contributed by atoms with Crippen LogP contribution in [0.5, 0.6) is 0 Å². The lowest BCUT2D eigenvalue weighted by Gasteiger charge is -2.29. The Morgan fingerprint density at radius 3 is 2.26 bits per heavy atom. The minimum absolute atomic E-state index is 0.130. The summed E-state index contributed by atoms with van der Waals surface area (Å²) < 4.78 is 6.71. The van der Waals surface area contributed by atoms with Gasteiger partial charge in [-0.1, -0.05) is 66.7 Å². The van der Waals surface area contributed by atoms with Crippen molar-refractivity contribution in [1.82, 2.24) is 20.2 Å². The highest BCUT2D eigenvalue weighted by Gasteiger charge is 2.34. The number of aromatic nitrogens is 2. The molecule has 4 aromatic rings. The predicted molar refractivity (Wildman–Crippen MR) is 175 cm³/mol. The zero-order chi connectivity index (χ0) is 33.5. The third kappa shape index (κ3) is 9.16. The van der Waals surface area contributed by atoms with Crippen molar-refractivity contribution in [2.24, 2.45) is 0 Å². The number of carbonyl (C=O) groups is 4. The van der Waals surface area contributed by atoms with Crippen molar-refractivity contribution in [1.29, 1.82) is 0 Å². The van der Waals surface area contributed by atoms with Gasteiger partial charge in [0.1, 0.15) is 17.2 Å². The number of carboxylic acid groups (broad SMARTS) is 1. The van der Waals surface area contributed by atoms with E-state index < -0.39 is 47.1 Å². The SMILES string of the molecule is CC(C)(C)OC(=O)NC(C)(C)C(=O)N[C@H](CCCc1ccccc1)C(=O)Nc1cn(C(C(=O)O)c2ccc3ccccc3c2)cn1. The van der Waals surface area contributed by atoms with Crippen molar-refractivity contribution in [2.75, 3.05) is 5.32 Å². The van der Waals surface area contributed by atoms with Crippen molar-refractivity contribution < 1.29 is 29.0 Å². The summed E-state index contributed by atoms with van der Waals surface area (Å²) >= 11 is 0. The van der Waals surface area contributed by atoms with Gasteiger partial charge in [-0.3, -0.25) is 9.59 Å². The van der Waals surface area contributed by atoms with Gasteiger partial charge in [0.25, 0.3) is 0 Å². The Hall–Kier alpha value is -5.19. The molecule has 1 aromatic heterocycles. The molecule has 0 bridgehead atoms. The van der Waals surface area contributed by atoms with Crippen molar-refractivity contribution >= 4 is 40.5 Å². The molecule has 0 saturated heterocycles. The fourth-order valence-electron chi connectivity index (χ4n) is 4.95. The molecular formula is C35H41N5O6. The van der Waals surface area contributed by atoms with Crippen LogP contribution in [-0.4, -0.2) is 55.7 Å². The number of anilines is 1. The molecule has 11 nitrogen and oxygen atoms in total. The summed E-state index contributed by atoms with van der Waals surface area (Å²) in [7, 11) is 0. The molecule has 11 heteroatoms. The number of aryl methyl sites for hydroxylation is 1. The summed E-state index contributed by atoms with van der Waals surface area (Å²) in [4.78, 5) is 55.9. The largest absolute Gasteiger partial charge is 0.479 e. The van der Waals surface area contributed by atoms with Crippen LogP contribution in [0.3, 0.4) is 0 Å². The third-order valence-corrected chi connectivity index (χ3v) is 7.28. The molecule has 0 radical (unpaired) electrons. The van der Waals surface area contributed by atoms with E-state index in [2.05, 4.69) is 20.9 Å². The lowest BCUT2D eigenvalue weighted by Crippen LogP contribution is -2.58. The monoisotopic (exact) mass is 627 g/mol. The summed E-state index contributed by atoms with van der Waals surface area (Å²) in [5, 5.41) is 20.0. The second-order valence-corrected chi connectivity index (χ2v) is 12.7. The molecule has 3 aromatic carbocycles. The van der Waals surface area contributed by atoms with E-state index in [4.69, 9.17) is 4.74 Å². The Balaban J connectivity index is 1.50. The molecule has 1 heterocycles. The Kier molecular flexibility index (Phi) is 10.5. The molecule has 0 aliphatic carbocycles. The van der Waals surface area contributed by atoms with Gasteiger partial charge in [-0.25, -0.2) is 14.6 Å². The number of fused-ring (bicyclic) bond motifs is 1. The number of alkyl carbamates (subject to hydrolysis) is 1. The first kappa shape index (κ1) is 33.7. The minimum atomic E-state index is -1.39. The number of ether oxygens (including phenoxy) is 1. The minimum Gasteiger partial charge on any atom is -0.479 e. The fraction of sp³-hybridized carbons (Fsp3) is 0.343. The van der Waals surface area contributed by atoms with E-state index in [-0.39, 0.29) is 5.82 Å². The van der Waals surface area contributed by atoms with Gasteiger partial charge in [-0.05, 0) is 81.8 Å². The summed E-state index contributed by atoms with van der Waals surface area (Å²) in [6.07, 6.45) is 3.59. The fourth-order valence-corrected chi connectivity index (χ4v) is 4.95. The molecule has 0 fully saturated rings. The van der Waals surface area contributed by atoms with Crippen molar-refractivity contribution in [2.45, 2.75) is 77.1 Å². The van der Waals surface area contributed by atoms with E-state index in [9.17, 15) is 24.3 Å². The molecule has 2 atom stereocenters. The first-order valence-corrected chi connectivity index (χ1v) is 15.1. The molecule has 242 valence electrons. The van der Waals surface area contributed by atoms with Crippen molar-refractivity contribution in [3.8, 4) is 0 Å². The highest BCUT2D eigenvalue weighted by atomic mass is 16.6. The second-order valence-electron chi connectivity index (χ2n) is 12.7. The van der Waals surface area contributed by atoms with Crippen LogP contribution in [0.15, 0.2) is 85.3 Å². The highest BCUT2D eigenvalue weighted by molar-refractivity contribution is 5.98. The van der Waals surface area contributed by atoms with Crippen LogP contribution < -0.4 is 16.0 Å². The number of benzene rings is 3. The van der Waals surface area contributed by atoms with Crippen LogP contribution >= 0.6 is 0 Å². The molecular weight excluding hydrogens is 586 g/mol. The number of nitrogens with zero attached hydrogens (tertiary/aromatic N) is 2. The van der Waals surface area contributed by atoms with E-state index in [0.717, 1.165) is 16.3 Å². The number of imidazole rings is 1. The molecule has 0 saturated carbocycles. The van der Waals surface area contributed by atoms with Gasteiger partial charge in [0.15, 0.2) is 11.9 Å². The van der Waals surface area contributed by atoms with E-state index >= 15 is 0 Å². The van der Waals surface area contributed by atoms with Gasteiger partial charge < -0.3 is 30.4 Å². The first-order valence-electron chi connectivity index (χ1n) is 15.1. The van der Waals surface area contributed by atoms with Crippen molar-refractivity contribution in [3.63, 3.8) is 0 Å². The van der Waals surface area contributed by atoms with Gasteiger partial charge in [0.05, 0.1) is 6.33 Å². The molecule has 0 aliphatic rings. The lowest BCUT2D eigenvalue weighted by molar-refractivity contribution is -0.139. The normalized spacial score (nSPS) is 13.0. The number of aliphatic carboxylic acids is 1. The maximum Gasteiger partial charge on any atom is 0.408 e. The molecule has 4 rings (SSSR count). The van der Waals surface area contributed by atoms with Crippen LogP contribution in [0, 0.1) is 0 Å². The zero-order valence-electron chi connectivity index (χ0n) is 26.7. The smallest absolute Gasteiger partial charge is 0.408 e. The van der Waals surface area contributed by atoms with Gasteiger partial charge in [0.2, 0.25) is 11.8 Å². The number of carbonyl (C=O) groups excluding carboxylic acids is 3. The molecule has 4 N–H and O–H groups in total. The number of hydrogen-bond acceptors (Lipinski definition) is 6. The Morgan fingerprint density at radius 1 is 0.913 bits per heavy atom. The maximum absolute atomic E-state index is 13.6. The standard InChI is InChI=1S/C35H41N5O6/c1-34(2,3)46-33(45)39-35(4,5)32(44)37-27(17-11-14-23-12-7-6-8-13-23)30(41)38-28-21-40(22-36-28)29(31(42)43)26-19-18-24-15-9-10-16-25(24)20-26/h6-10,12-13,15-16,18-22,27,29H,11,14,17H2,1-5H3,(H,37,44)(H,38,41)(H,39,45)(H,42,43)/t27-,29?/m1/s1. The Morgan fingerprint density at radius 2 is 1.59 bits per heavy atom. The van der Waals surface area contributed by atoms with E-state index in [1.54, 1.807) is 26.8 Å². The number of carboxylic acids is 1. The van der Waals surface area contributed by atoms with E-state index in [1.165, 1.54) is 30.9 Å². The quantitative estimate of drug-likeness (QED) is 0.163. The number of rotatable bonds is 12. The van der Waals surface area contributed by atoms with Crippen LogP contribution in [0.4, 0.5) is 10.6 Å². The average Bonchev–Trinajstić information content (AvgIpc) is 3.43. The van der Waals surface area contributed by atoms with Crippen LogP contribution in [0.25, 0.3) is 10.8 Å². The maximum atomic E-state index is 13.6. The summed E-state index contributed by atoms with van der Waals surface area (Å²) in [5.74, 6) is -2.06. The van der Waals surface area contributed by atoms with Crippen LogP contribution in [0.2, 0.25) is 0 Å². The van der Waals surface area contributed by atoms with E-state index in [1.807, 2.05) is 66.7 Å². The van der Waals surface area contributed by atoms with Gasteiger partial charge in [0, 0.05) is 6.20 Å². The molecule has 0 spiro atoms. The summed E-state index contributed by atoms with van der Waals surface area (Å²) in [6, 6.07) is 20.8. The molecule has 1 unspecified atom stereocenters. The summed E-state index contributed by atoms with van der Waals surface area (Å²) in [5.41, 5.74) is -0.510. The average molecular weight is 628 g/mol. The van der Waals surface area contributed by atoms with Crippen LogP contribution in [-0.2, 0) is 25.5 Å². The molecule has 3 amide bonds. The molecule has 0 aliphatic heterocycles. The zero-order valence-corrected chi connectivity index (χ0v) is 26.7. The van der Waals surface area contributed by atoms with Gasteiger partial charge >= 0.3 is 12.1 Å². The molecule has 46 heavy (non-hydrogen) atoms. The number of nitrogens with one attached hydrogen (secondary N) is 3. The van der Waals surface area contributed by atoms with Gasteiger partial charge in [-0.2, -0.15) is 0 Å². The number of amides is 3. The topological polar surface area (TPSA) is 152 Å².